The molecule has 2 aromatic rings. The van der Waals surface area contributed by atoms with Crippen LogP contribution in [0.3, 0.4) is 0 Å². The van der Waals surface area contributed by atoms with E-state index in [-0.39, 0.29) is 17.9 Å². The number of ether oxygens (including phenoxy) is 3. The molecule has 1 heterocycles. The van der Waals surface area contributed by atoms with E-state index in [0.29, 0.717) is 31.1 Å². The van der Waals surface area contributed by atoms with Crippen molar-refractivity contribution in [3.8, 4) is 17.2 Å². The van der Waals surface area contributed by atoms with E-state index < -0.39 is 0 Å². The number of amides is 1. The van der Waals surface area contributed by atoms with Crippen molar-refractivity contribution in [1.82, 2.24) is 4.90 Å². The highest BCUT2D eigenvalue weighted by atomic mass is 16.6. The van der Waals surface area contributed by atoms with Gasteiger partial charge in [-0.3, -0.25) is 4.90 Å². The predicted molar refractivity (Wildman–Crippen MR) is 92.0 cm³/mol. The van der Waals surface area contributed by atoms with Crippen molar-refractivity contribution in [2.45, 2.75) is 19.0 Å². The standard InChI is InChI=1S/C19H21NO5/c1-23-17-8-5-14(10-18(17)24-2)9-15-12-25-19(22)20(15)11-13-3-6-16(21)7-4-13/h3-8,10,15,21H,9,11-12H2,1-2H3. The van der Waals surface area contributed by atoms with E-state index in [1.54, 1.807) is 43.4 Å². The Labute approximate surface area is 146 Å². The molecule has 0 saturated carbocycles. The maximum Gasteiger partial charge on any atom is 0.410 e. The first-order valence-corrected chi connectivity index (χ1v) is 8.03. The number of phenols is 1. The van der Waals surface area contributed by atoms with Crippen molar-refractivity contribution in [3.05, 3.63) is 53.6 Å². The number of hydrogen-bond donors (Lipinski definition) is 1. The van der Waals surface area contributed by atoms with Crippen LogP contribution in [-0.4, -0.2) is 43.0 Å². The van der Waals surface area contributed by atoms with Crippen molar-refractivity contribution in [3.63, 3.8) is 0 Å². The number of carbonyl (C=O) groups is 1. The Morgan fingerprint density at radius 2 is 1.76 bits per heavy atom. The van der Waals surface area contributed by atoms with Gasteiger partial charge in [-0.15, -0.1) is 0 Å². The highest BCUT2D eigenvalue weighted by Gasteiger charge is 2.33. The monoisotopic (exact) mass is 343 g/mol. The van der Waals surface area contributed by atoms with Crippen LogP contribution in [0.15, 0.2) is 42.5 Å². The van der Waals surface area contributed by atoms with Gasteiger partial charge in [0.1, 0.15) is 12.4 Å². The summed E-state index contributed by atoms with van der Waals surface area (Å²) in [5.74, 6) is 1.54. The van der Waals surface area contributed by atoms with Crippen LogP contribution in [0.25, 0.3) is 0 Å². The minimum absolute atomic E-state index is 0.0561. The van der Waals surface area contributed by atoms with E-state index in [2.05, 4.69) is 0 Å². The second-order valence-electron chi connectivity index (χ2n) is 5.92. The summed E-state index contributed by atoms with van der Waals surface area (Å²) in [6, 6.07) is 12.5. The van der Waals surface area contributed by atoms with Crippen LogP contribution in [-0.2, 0) is 17.7 Å². The van der Waals surface area contributed by atoms with E-state index in [4.69, 9.17) is 14.2 Å². The minimum atomic E-state index is -0.321. The lowest BCUT2D eigenvalue weighted by atomic mass is 10.0. The van der Waals surface area contributed by atoms with Gasteiger partial charge >= 0.3 is 6.09 Å². The lowest BCUT2D eigenvalue weighted by Crippen LogP contribution is -2.34. The zero-order valence-corrected chi connectivity index (χ0v) is 14.3. The Bertz CT molecular complexity index is 744. The number of aromatic hydroxyl groups is 1. The number of cyclic esters (lactones) is 1. The van der Waals surface area contributed by atoms with Gasteiger partial charge in [-0.2, -0.15) is 0 Å². The quantitative estimate of drug-likeness (QED) is 0.873. The summed E-state index contributed by atoms with van der Waals surface area (Å²) in [6.07, 6.45) is 0.336. The highest BCUT2D eigenvalue weighted by Crippen LogP contribution is 2.29. The van der Waals surface area contributed by atoms with E-state index in [1.165, 1.54) is 0 Å². The molecule has 0 radical (unpaired) electrons. The third-order valence-electron chi connectivity index (χ3n) is 4.28. The summed E-state index contributed by atoms with van der Waals surface area (Å²) in [7, 11) is 3.20. The molecule has 1 aliphatic rings. The van der Waals surface area contributed by atoms with Crippen LogP contribution in [0.2, 0.25) is 0 Å². The number of methoxy groups -OCH3 is 2. The van der Waals surface area contributed by atoms with Gasteiger partial charge in [-0.05, 0) is 41.8 Å². The Kier molecular flexibility index (Phi) is 4.97. The van der Waals surface area contributed by atoms with Crippen LogP contribution in [0.1, 0.15) is 11.1 Å². The maximum atomic E-state index is 12.1. The molecular formula is C19H21NO5. The number of carbonyl (C=O) groups excluding carboxylic acids is 1. The van der Waals surface area contributed by atoms with Gasteiger partial charge in [-0.1, -0.05) is 18.2 Å². The number of hydrogen-bond acceptors (Lipinski definition) is 5. The third kappa shape index (κ3) is 3.79. The van der Waals surface area contributed by atoms with Crippen molar-refractivity contribution in [2.24, 2.45) is 0 Å². The number of nitrogens with zero attached hydrogens (tertiary/aromatic N) is 1. The molecule has 1 unspecified atom stereocenters. The third-order valence-corrected chi connectivity index (χ3v) is 4.28. The molecular weight excluding hydrogens is 322 g/mol. The molecule has 1 amide bonds. The molecule has 0 aliphatic carbocycles. The van der Waals surface area contributed by atoms with Crippen LogP contribution in [0.4, 0.5) is 4.79 Å². The Hall–Kier alpha value is -2.89. The summed E-state index contributed by atoms with van der Waals surface area (Å²) in [5.41, 5.74) is 1.98. The molecule has 6 heteroatoms. The van der Waals surface area contributed by atoms with Crippen LogP contribution >= 0.6 is 0 Å². The maximum absolute atomic E-state index is 12.1. The van der Waals surface area contributed by atoms with Crippen molar-refractivity contribution >= 4 is 6.09 Å². The van der Waals surface area contributed by atoms with Gasteiger partial charge in [0.15, 0.2) is 11.5 Å². The van der Waals surface area contributed by atoms with Gasteiger partial charge in [-0.25, -0.2) is 4.79 Å². The summed E-state index contributed by atoms with van der Waals surface area (Å²) >= 11 is 0. The second kappa shape index (κ2) is 7.34. The fourth-order valence-corrected chi connectivity index (χ4v) is 2.93. The summed E-state index contributed by atoms with van der Waals surface area (Å²) < 4.78 is 15.8. The average molecular weight is 343 g/mol. The van der Waals surface area contributed by atoms with Crippen molar-refractivity contribution < 1.29 is 24.1 Å². The Morgan fingerprint density at radius 3 is 2.44 bits per heavy atom. The normalized spacial score (nSPS) is 16.6. The van der Waals surface area contributed by atoms with E-state index in [1.807, 2.05) is 18.2 Å². The van der Waals surface area contributed by atoms with Gasteiger partial charge in [0.2, 0.25) is 0 Å². The topological polar surface area (TPSA) is 68.2 Å². The van der Waals surface area contributed by atoms with Crippen molar-refractivity contribution in [2.75, 3.05) is 20.8 Å². The highest BCUT2D eigenvalue weighted by molar-refractivity contribution is 5.70. The van der Waals surface area contributed by atoms with Crippen LogP contribution in [0, 0.1) is 0 Å². The molecule has 2 aromatic carbocycles. The smallest absolute Gasteiger partial charge is 0.410 e. The number of rotatable bonds is 6. The van der Waals surface area contributed by atoms with Gasteiger partial charge in [0, 0.05) is 6.54 Å². The van der Waals surface area contributed by atoms with E-state index in [0.717, 1.165) is 11.1 Å². The van der Waals surface area contributed by atoms with Gasteiger partial charge in [0.25, 0.3) is 0 Å². The zero-order valence-electron chi connectivity index (χ0n) is 14.3. The molecule has 0 aromatic heterocycles. The molecule has 25 heavy (non-hydrogen) atoms. The van der Waals surface area contributed by atoms with Crippen LogP contribution < -0.4 is 9.47 Å². The first kappa shape index (κ1) is 17.0. The first-order chi connectivity index (χ1) is 12.1. The van der Waals surface area contributed by atoms with Gasteiger partial charge in [0.05, 0.1) is 20.3 Å². The molecule has 1 atom stereocenters. The van der Waals surface area contributed by atoms with Crippen LogP contribution in [0.5, 0.6) is 17.2 Å². The fourth-order valence-electron chi connectivity index (χ4n) is 2.93. The summed E-state index contributed by atoms with van der Waals surface area (Å²) in [5, 5.41) is 9.38. The summed E-state index contributed by atoms with van der Waals surface area (Å²) in [4.78, 5) is 13.8. The first-order valence-electron chi connectivity index (χ1n) is 8.03. The molecule has 1 fully saturated rings. The molecule has 1 N–H and O–H groups in total. The number of phenolic OH excluding ortho intramolecular Hbond substituents is 1. The lowest BCUT2D eigenvalue weighted by molar-refractivity contribution is 0.156. The zero-order chi connectivity index (χ0) is 17.8. The largest absolute Gasteiger partial charge is 0.508 e. The van der Waals surface area contributed by atoms with Crippen molar-refractivity contribution in [1.29, 1.82) is 0 Å². The van der Waals surface area contributed by atoms with E-state index in [9.17, 15) is 9.90 Å². The minimum Gasteiger partial charge on any atom is -0.508 e. The lowest BCUT2D eigenvalue weighted by Gasteiger charge is -2.22. The molecule has 1 aliphatic heterocycles. The van der Waals surface area contributed by atoms with Gasteiger partial charge < -0.3 is 19.3 Å². The Balaban J connectivity index is 1.74. The predicted octanol–water partition coefficient (Wildman–Crippen LogP) is 2.97. The van der Waals surface area contributed by atoms with E-state index >= 15 is 0 Å². The number of benzene rings is 2. The summed E-state index contributed by atoms with van der Waals surface area (Å²) in [6.45, 7) is 0.794. The SMILES string of the molecule is COc1ccc(CC2COC(=O)N2Cc2ccc(O)cc2)cc1OC. The Morgan fingerprint density at radius 1 is 1.08 bits per heavy atom. The average Bonchev–Trinajstić information content (AvgIpc) is 2.96. The molecule has 6 nitrogen and oxygen atoms in total. The molecule has 1 saturated heterocycles. The second-order valence-corrected chi connectivity index (χ2v) is 5.92. The molecule has 132 valence electrons. The molecule has 0 spiro atoms. The molecule has 0 bridgehead atoms. The molecule has 3 rings (SSSR count). The fraction of sp³-hybridized carbons (Fsp3) is 0.316.